The van der Waals surface area contributed by atoms with E-state index < -0.39 is 0 Å². The Morgan fingerprint density at radius 3 is 2.85 bits per heavy atom. The molecule has 0 radical (unpaired) electrons. The van der Waals surface area contributed by atoms with E-state index in [4.69, 9.17) is 0 Å². The second-order valence-corrected chi connectivity index (χ2v) is 6.84. The molecule has 0 aliphatic carbocycles. The third-order valence-corrected chi connectivity index (χ3v) is 4.88. The van der Waals surface area contributed by atoms with Gasteiger partial charge in [0.05, 0.1) is 0 Å². The number of nitrogens with one attached hydrogen (secondary N) is 3. The first kappa shape index (κ1) is 18.2. The summed E-state index contributed by atoms with van der Waals surface area (Å²) in [7, 11) is 0. The van der Waals surface area contributed by atoms with Crippen LogP contribution in [0.1, 0.15) is 49.1 Å². The molecule has 2 heterocycles. The predicted octanol–water partition coefficient (Wildman–Crippen LogP) is 4.04. The monoisotopic (exact) mass is 352 g/mol. The summed E-state index contributed by atoms with van der Waals surface area (Å²) >= 11 is 0. The van der Waals surface area contributed by atoms with Crippen LogP contribution in [-0.4, -0.2) is 24.1 Å². The highest BCUT2D eigenvalue weighted by Gasteiger charge is 2.20. The molecule has 3 N–H and O–H groups in total. The molecular weight excluding hydrogens is 324 g/mol. The van der Waals surface area contributed by atoms with Crippen LogP contribution in [0.25, 0.3) is 0 Å². The Balaban J connectivity index is 1.20. The summed E-state index contributed by atoms with van der Waals surface area (Å²) in [6.07, 6.45) is 9.38. The largest absolute Gasteiger partial charge is 0.384 e. The fraction of sp³-hybridized carbons (Fsp3) is 0.429. The number of nitrogens with zero attached hydrogens (tertiary/aromatic N) is 1. The number of carbonyl (C=O) groups excluding carboxylic acids is 1. The fourth-order valence-electron chi connectivity index (χ4n) is 3.43. The molecule has 2 amide bonds. The molecule has 1 aromatic heterocycles. The number of benzene rings is 1. The molecule has 1 aromatic carbocycles. The Hall–Kier alpha value is -2.56. The van der Waals surface area contributed by atoms with Crippen LogP contribution >= 0.6 is 0 Å². The Labute approximate surface area is 155 Å². The van der Waals surface area contributed by atoms with Crippen LogP contribution in [0.5, 0.6) is 0 Å². The first-order valence-electron chi connectivity index (χ1n) is 9.56. The van der Waals surface area contributed by atoms with E-state index in [1.807, 2.05) is 12.1 Å². The van der Waals surface area contributed by atoms with Crippen molar-refractivity contribution in [3.05, 3.63) is 59.9 Å². The Kier molecular flexibility index (Phi) is 6.88. The Morgan fingerprint density at radius 1 is 1.08 bits per heavy atom. The van der Waals surface area contributed by atoms with Crippen molar-refractivity contribution in [1.82, 2.24) is 15.6 Å². The highest BCUT2D eigenvalue weighted by molar-refractivity contribution is 5.73. The van der Waals surface area contributed by atoms with E-state index in [2.05, 4.69) is 45.2 Å². The molecule has 0 saturated carbocycles. The van der Waals surface area contributed by atoms with Gasteiger partial charge in [-0.2, -0.15) is 0 Å². The van der Waals surface area contributed by atoms with Gasteiger partial charge in [0.1, 0.15) is 0 Å². The van der Waals surface area contributed by atoms with Crippen LogP contribution in [0.3, 0.4) is 0 Å². The van der Waals surface area contributed by atoms with Crippen LogP contribution in [0.15, 0.2) is 48.8 Å². The summed E-state index contributed by atoms with van der Waals surface area (Å²) < 4.78 is 0. The van der Waals surface area contributed by atoms with Crippen molar-refractivity contribution in [2.45, 2.75) is 44.6 Å². The lowest BCUT2D eigenvalue weighted by molar-refractivity contribution is 0.240. The lowest BCUT2D eigenvalue weighted by Gasteiger charge is -2.10. The number of para-hydroxylation sites is 1. The van der Waals surface area contributed by atoms with Gasteiger partial charge in [0, 0.05) is 43.6 Å². The van der Waals surface area contributed by atoms with Crippen molar-refractivity contribution >= 4 is 11.7 Å². The van der Waals surface area contributed by atoms with Crippen molar-refractivity contribution in [3.63, 3.8) is 0 Å². The molecule has 26 heavy (non-hydrogen) atoms. The molecule has 138 valence electrons. The minimum atomic E-state index is -0.109. The molecule has 1 aliphatic heterocycles. The van der Waals surface area contributed by atoms with Gasteiger partial charge in [-0.3, -0.25) is 4.98 Å². The molecular formula is C21H28N4O. The summed E-state index contributed by atoms with van der Waals surface area (Å²) in [6.45, 7) is 2.31. The van der Waals surface area contributed by atoms with E-state index in [0.717, 1.165) is 31.5 Å². The van der Waals surface area contributed by atoms with Gasteiger partial charge < -0.3 is 16.0 Å². The van der Waals surface area contributed by atoms with Gasteiger partial charge in [-0.15, -0.1) is 0 Å². The number of amides is 2. The van der Waals surface area contributed by atoms with E-state index in [1.165, 1.54) is 30.5 Å². The summed E-state index contributed by atoms with van der Waals surface area (Å²) in [5.74, 6) is 0.655. The molecule has 5 heteroatoms. The van der Waals surface area contributed by atoms with Crippen LogP contribution in [0.4, 0.5) is 10.5 Å². The maximum atomic E-state index is 11.7. The van der Waals surface area contributed by atoms with Gasteiger partial charge in [0.25, 0.3) is 0 Å². The second kappa shape index (κ2) is 9.80. The number of aromatic nitrogens is 1. The number of hydrogen-bond acceptors (Lipinski definition) is 3. The number of carbonyl (C=O) groups is 1. The number of fused-ring (bicyclic) bond motifs is 1. The number of hydrogen-bond donors (Lipinski definition) is 3. The molecule has 0 fully saturated rings. The lowest BCUT2D eigenvalue weighted by Crippen LogP contribution is -2.35. The Morgan fingerprint density at radius 2 is 1.96 bits per heavy atom. The molecule has 1 aliphatic rings. The lowest BCUT2D eigenvalue weighted by atomic mass is 9.95. The van der Waals surface area contributed by atoms with Gasteiger partial charge in [-0.25, -0.2) is 4.79 Å². The molecule has 3 rings (SSSR count). The number of rotatable bonds is 9. The number of pyridine rings is 1. The number of unbranched alkanes of at least 4 members (excludes halogenated alkanes) is 3. The zero-order valence-corrected chi connectivity index (χ0v) is 15.2. The van der Waals surface area contributed by atoms with E-state index in [1.54, 1.807) is 12.4 Å². The highest BCUT2D eigenvalue weighted by Crippen LogP contribution is 2.34. The fourth-order valence-corrected chi connectivity index (χ4v) is 3.43. The van der Waals surface area contributed by atoms with E-state index >= 15 is 0 Å². The van der Waals surface area contributed by atoms with Crippen molar-refractivity contribution in [2.75, 3.05) is 18.4 Å². The van der Waals surface area contributed by atoms with E-state index in [-0.39, 0.29) is 6.03 Å². The normalized spacial score (nSPS) is 15.2. The predicted molar refractivity (Wildman–Crippen MR) is 105 cm³/mol. The van der Waals surface area contributed by atoms with Crippen molar-refractivity contribution in [1.29, 1.82) is 0 Å². The summed E-state index contributed by atoms with van der Waals surface area (Å²) in [5.41, 5.74) is 3.78. The van der Waals surface area contributed by atoms with Crippen LogP contribution in [0.2, 0.25) is 0 Å². The van der Waals surface area contributed by atoms with Crippen molar-refractivity contribution in [3.8, 4) is 0 Å². The average molecular weight is 352 g/mol. The Bertz CT molecular complexity index is 689. The molecule has 0 saturated heterocycles. The van der Waals surface area contributed by atoms with Crippen molar-refractivity contribution in [2.24, 2.45) is 0 Å². The van der Waals surface area contributed by atoms with Gasteiger partial charge in [-0.1, -0.05) is 43.5 Å². The third kappa shape index (κ3) is 5.48. The molecule has 1 unspecified atom stereocenters. The zero-order chi connectivity index (χ0) is 18.0. The van der Waals surface area contributed by atoms with E-state index in [0.29, 0.717) is 12.5 Å². The minimum absolute atomic E-state index is 0.109. The standard InChI is InChI=1S/C21H28N4O/c26-21(25-15-17-8-7-12-22-14-17)23-13-6-2-1-3-9-18-16-24-20-11-5-4-10-19(18)20/h4-5,7-8,10-12,14,18,24H,1-3,6,9,13,15-16H2,(H2,23,25,26). The quantitative estimate of drug-likeness (QED) is 0.597. The van der Waals surface area contributed by atoms with Crippen LogP contribution in [0, 0.1) is 0 Å². The summed E-state index contributed by atoms with van der Waals surface area (Å²) in [4.78, 5) is 15.8. The van der Waals surface area contributed by atoms with Crippen LogP contribution in [-0.2, 0) is 6.54 Å². The smallest absolute Gasteiger partial charge is 0.315 e. The summed E-state index contributed by atoms with van der Waals surface area (Å²) in [5, 5.41) is 9.26. The topological polar surface area (TPSA) is 66.1 Å². The first-order valence-corrected chi connectivity index (χ1v) is 9.56. The van der Waals surface area contributed by atoms with Gasteiger partial charge in [0.15, 0.2) is 0 Å². The highest BCUT2D eigenvalue weighted by atomic mass is 16.2. The van der Waals surface area contributed by atoms with Crippen LogP contribution < -0.4 is 16.0 Å². The first-order chi connectivity index (χ1) is 12.8. The maximum absolute atomic E-state index is 11.7. The minimum Gasteiger partial charge on any atom is -0.384 e. The number of urea groups is 1. The maximum Gasteiger partial charge on any atom is 0.315 e. The van der Waals surface area contributed by atoms with Crippen molar-refractivity contribution < 1.29 is 4.79 Å². The molecule has 5 nitrogen and oxygen atoms in total. The average Bonchev–Trinajstić information content (AvgIpc) is 3.10. The van der Waals surface area contributed by atoms with E-state index in [9.17, 15) is 4.79 Å². The molecule has 1 atom stereocenters. The second-order valence-electron chi connectivity index (χ2n) is 6.84. The number of anilines is 1. The summed E-state index contributed by atoms with van der Waals surface area (Å²) in [6, 6.07) is 12.3. The molecule has 0 spiro atoms. The van der Waals surface area contributed by atoms with Gasteiger partial charge >= 0.3 is 6.03 Å². The SMILES string of the molecule is O=C(NCCCCCCC1CNc2ccccc21)NCc1cccnc1. The third-order valence-electron chi connectivity index (χ3n) is 4.88. The van der Waals surface area contributed by atoms with Gasteiger partial charge in [0.2, 0.25) is 0 Å². The van der Waals surface area contributed by atoms with Gasteiger partial charge in [-0.05, 0) is 36.1 Å². The zero-order valence-electron chi connectivity index (χ0n) is 15.2. The molecule has 0 bridgehead atoms. The molecule has 2 aromatic rings.